The van der Waals surface area contributed by atoms with Crippen molar-refractivity contribution in [1.82, 2.24) is 20.6 Å². The summed E-state index contributed by atoms with van der Waals surface area (Å²) in [6.07, 6.45) is 1.37. The number of benzene rings is 1. The molecule has 0 saturated heterocycles. The molecule has 0 atom stereocenters. The molecule has 1 aromatic heterocycles. The number of nitrogens with zero attached hydrogens (tertiary/aromatic N) is 5. The number of hydrogen-bond donors (Lipinski definition) is 2. The van der Waals surface area contributed by atoms with E-state index < -0.39 is 4.92 Å². The van der Waals surface area contributed by atoms with E-state index in [1.807, 2.05) is 6.07 Å². The van der Waals surface area contributed by atoms with Crippen LogP contribution in [0.4, 0.5) is 11.4 Å². The average molecular weight is 271 g/mol. The Morgan fingerprint density at radius 3 is 3.00 bits per heavy atom. The van der Waals surface area contributed by atoms with Gasteiger partial charge in [-0.3, -0.25) is 10.1 Å². The predicted molar refractivity (Wildman–Crippen MR) is 69.2 cm³/mol. The fourth-order valence-corrected chi connectivity index (χ4v) is 1.55. The lowest BCUT2D eigenvalue weighted by Crippen LogP contribution is -1.98. The molecule has 1 aromatic carbocycles. The predicted octanol–water partition coefficient (Wildman–Crippen LogP) is 1.39. The number of nitrogens with one attached hydrogen (secondary N) is 2. The van der Waals surface area contributed by atoms with E-state index >= 15 is 0 Å². The van der Waals surface area contributed by atoms with Gasteiger partial charge in [0.1, 0.15) is 11.6 Å². The van der Waals surface area contributed by atoms with Gasteiger partial charge in [0, 0.05) is 18.0 Å². The van der Waals surface area contributed by atoms with Crippen LogP contribution in [0.25, 0.3) is 5.57 Å². The number of H-pyrrole nitrogens is 1. The van der Waals surface area contributed by atoms with Crippen LogP contribution in [-0.4, -0.2) is 25.5 Å². The summed E-state index contributed by atoms with van der Waals surface area (Å²) in [7, 11) is 0. The van der Waals surface area contributed by atoms with Gasteiger partial charge in [0.25, 0.3) is 5.69 Å². The molecule has 0 saturated carbocycles. The zero-order valence-electron chi connectivity index (χ0n) is 10.4. The van der Waals surface area contributed by atoms with Crippen molar-refractivity contribution in [3.05, 3.63) is 45.9 Å². The van der Waals surface area contributed by atoms with Gasteiger partial charge in [0.2, 0.25) is 5.82 Å². The fourth-order valence-electron chi connectivity index (χ4n) is 1.55. The summed E-state index contributed by atoms with van der Waals surface area (Å²) in [4.78, 5) is 10.4. The second-order valence-electron chi connectivity index (χ2n) is 3.76. The maximum Gasteiger partial charge on any atom is 0.274 e. The Balaban J connectivity index is 2.29. The zero-order chi connectivity index (χ0) is 14.5. The van der Waals surface area contributed by atoms with E-state index in [0.717, 1.165) is 0 Å². The second kappa shape index (κ2) is 5.57. The normalized spacial score (nSPS) is 10.9. The number of rotatable bonds is 4. The van der Waals surface area contributed by atoms with Crippen LogP contribution >= 0.6 is 0 Å². The van der Waals surface area contributed by atoms with Crippen LogP contribution in [0.5, 0.6) is 0 Å². The first-order valence-corrected chi connectivity index (χ1v) is 5.48. The van der Waals surface area contributed by atoms with Crippen molar-refractivity contribution in [2.75, 3.05) is 5.32 Å². The largest absolute Gasteiger partial charge is 0.360 e. The van der Waals surface area contributed by atoms with E-state index in [4.69, 9.17) is 5.26 Å². The maximum absolute atomic E-state index is 10.8. The number of aromatic amines is 1. The van der Waals surface area contributed by atoms with Crippen molar-refractivity contribution in [3.8, 4) is 6.07 Å². The quantitative estimate of drug-likeness (QED) is 0.487. The lowest BCUT2D eigenvalue weighted by molar-refractivity contribution is -0.385. The Hall–Kier alpha value is -3.28. The van der Waals surface area contributed by atoms with Gasteiger partial charge in [-0.15, -0.1) is 10.2 Å². The Morgan fingerprint density at radius 2 is 2.40 bits per heavy atom. The summed E-state index contributed by atoms with van der Waals surface area (Å²) >= 11 is 0. The van der Waals surface area contributed by atoms with E-state index in [1.54, 1.807) is 19.1 Å². The first kappa shape index (κ1) is 13.2. The molecule has 2 N–H and O–H groups in total. The molecule has 9 heteroatoms. The summed E-state index contributed by atoms with van der Waals surface area (Å²) in [5.41, 5.74) is 1.15. The standard InChI is InChI=1S/C11H9N7O2/c1-7-9(3-2-4-10(7)18(19)20)13-6-8(5-12)11-14-16-17-15-11/h2-4,6,13H,1H3,(H,14,15,16,17). The van der Waals surface area contributed by atoms with Crippen molar-refractivity contribution in [2.24, 2.45) is 0 Å². The molecule has 0 aliphatic rings. The van der Waals surface area contributed by atoms with Crippen molar-refractivity contribution in [2.45, 2.75) is 6.92 Å². The molecule has 20 heavy (non-hydrogen) atoms. The van der Waals surface area contributed by atoms with E-state index in [0.29, 0.717) is 11.3 Å². The molecule has 0 spiro atoms. The maximum atomic E-state index is 10.8. The van der Waals surface area contributed by atoms with Gasteiger partial charge in [-0.2, -0.15) is 10.5 Å². The van der Waals surface area contributed by atoms with Gasteiger partial charge in [0.05, 0.1) is 10.5 Å². The van der Waals surface area contributed by atoms with Crippen molar-refractivity contribution in [1.29, 1.82) is 5.26 Å². The number of allylic oxidation sites excluding steroid dienone is 1. The monoisotopic (exact) mass is 271 g/mol. The van der Waals surface area contributed by atoms with E-state index in [-0.39, 0.29) is 17.1 Å². The smallest absolute Gasteiger partial charge is 0.274 e. The number of nitro benzene ring substituents is 1. The van der Waals surface area contributed by atoms with Crippen LogP contribution in [0.2, 0.25) is 0 Å². The van der Waals surface area contributed by atoms with Gasteiger partial charge in [-0.05, 0) is 18.2 Å². The number of tetrazole rings is 1. The molecular formula is C11H9N7O2. The van der Waals surface area contributed by atoms with Gasteiger partial charge in [0.15, 0.2) is 0 Å². The molecule has 0 radical (unpaired) electrons. The molecule has 0 fully saturated rings. The summed E-state index contributed by atoms with van der Waals surface area (Å²) < 4.78 is 0. The van der Waals surface area contributed by atoms with Crippen LogP contribution < -0.4 is 5.32 Å². The molecule has 0 bridgehead atoms. The van der Waals surface area contributed by atoms with Crippen LogP contribution in [0, 0.1) is 28.4 Å². The number of hydrogen-bond acceptors (Lipinski definition) is 7. The first-order valence-electron chi connectivity index (χ1n) is 5.48. The van der Waals surface area contributed by atoms with Gasteiger partial charge in [-0.1, -0.05) is 6.07 Å². The minimum Gasteiger partial charge on any atom is -0.360 e. The third-order valence-electron chi connectivity index (χ3n) is 2.58. The Bertz CT molecular complexity index is 700. The number of anilines is 1. The van der Waals surface area contributed by atoms with Crippen molar-refractivity contribution < 1.29 is 4.92 Å². The fraction of sp³-hybridized carbons (Fsp3) is 0.0909. The summed E-state index contributed by atoms with van der Waals surface area (Å²) in [5, 5.41) is 35.6. The first-order chi connectivity index (χ1) is 9.63. The molecule has 2 aromatic rings. The number of nitro groups is 1. The Kier molecular flexibility index (Phi) is 3.67. The molecule has 0 unspecified atom stereocenters. The van der Waals surface area contributed by atoms with E-state index in [2.05, 4.69) is 25.9 Å². The van der Waals surface area contributed by atoms with Gasteiger partial charge in [-0.25, -0.2) is 0 Å². The Labute approximate surface area is 113 Å². The highest BCUT2D eigenvalue weighted by atomic mass is 16.6. The zero-order valence-corrected chi connectivity index (χ0v) is 10.4. The van der Waals surface area contributed by atoms with Crippen LogP contribution in [0.15, 0.2) is 24.4 Å². The van der Waals surface area contributed by atoms with Gasteiger partial charge >= 0.3 is 0 Å². The van der Waals surface area contributed by atoms with Crippen LogP contribution in [-0.2, 0) is 0 Å². The Morgan fingerprint density at radius 1 is 1.60 bits per heavy atom. The van der Waals surface area contributed by atoms with Gasteiger partial charge < -0.3 is 5.32 Å². The highest BCUT2D eigenvalue weighted by Gasteiger charge is 2.13. The SMILES string of the molecule is Cc1c(NC=C(C#N)c2nn[nH]n2)cccc1[N+](=O)[O-]. The van der Waals surface area contributed by atoms with Crippen LogP contribution in [0.3, 0.4) is 0 Å². The van der Waals surface area contributed by atoms with E-state index in [1.165, 1.54) is 12.3 Å². The summed E-state index contributed by atoms with van der Waals surface area (Å²) in [5.74, 6) is 0.142. The van der Waals surface area contributed by atoms with Crippen LogP contribution in [0.1, 0.15) is 11.4 Å². The molecule has 1 heterocycles. The number of nitriles is 1. The lowest BCUT2D eigenvalue weighted by atomic mass is 10.1. The lowest BCUT2D eigenvalue weighted by Gasteiger charge is -2.05. The molecule has 0 amide bonds. The van der Waals surface area contributed by atoms with Crippen molar-refractivity contribution in [3.63, 3.8) is 0 Å². The molecule has 0 aliphatic heterocycles. The third-order valence-corrected chi connectivity index (χ3v) is 2.58. The highest BCUT2D eigenvalue weighted by molar-refractivity contribution is 5.75. The van der Waals surface area contributed by atoms with Crippen molar-refractivity contribution >= 4 is 16.9 Å². The molecule has 0 aliphatic carbocycles. The highest BCUT2D eigenvalue weighted by Crippen LogP contribution is 2.25. The second-order valence-corrected chi connectivity index (χ2v) is 3.76. The topological polar surface area (TPSA) is 133 Å². The summed E-state index contributed by atoms with van der Waals surface area (Å²) in [6.45, 7) is 1.62. The molecule has 100 valence electrons. The molecule has 2 rings (SSSR count). The molecule has 9 nitrogen and oxygen atoms in total. The average Bonchev–Trinajstić information content (AvgIpc) is 2.95. The third kappa shape index (κ3) is 2.59. The molecular weight excluding hydrogens is 262 g/mol. The minimum absolute atomic E-state index is 0.00136. The minimum atomic E-state index is -0.464. The summed E-state index contributed by atoms with van der Waals surface area (Å²) in [6, 6.07) is 6.55. The number of aromatic nitrogens is 4. The van der Waals surface area contributed by atoms with E-state index in [9.17, 15) is 10.1 Å².